The number of phenols is 1. The molecule has 5 heteroatoms. The molecule has 1 aromatic carbocycles. The van der Waals surface area contributed by atoms with Gasteiger partial charge in [0.25, 0.3) is 0 Å². The zero-order valence-corrected chi connectivity index (χ0v) is 15.4. The number of carboxylic acids is 1. The largest absolute Gasteiger partial charge is 0.508 e. The van der Waals surface area contributed by atoms with Crippen LogP contribution in [0.25, 0.3) is 11.4 Å². The monoisotopic (exact) mass is 366 g/mol. The highest BCUT2D eigenvalue weighted by Crippen LogP contribution is 2.61. The van der Waals surface area contributed by atoms with E-state index in [0.717, 1.165) is 36.3 Å². The molecule has 0 atom stereocenters. The number of aromatic hydroxyl groups is 1. The molecule has 142 valence electrons. The molecule has 6 rings (SSSR count). The maximum atomic E-state index is 11.7. The lowest BCUT2D eigenvalue weighted by Gasteiger charge is -2.57. The SMILES string of the molecule is O=C(O)c1nc(-c2cccc(O)c2)[nH]c1CCC12CC3CC(CC(C3)C1)C2. The van der Waals surface area contributed by atoms with Crippen molar-refractivity contribution < 1.29 is 15.0 Å². The minimum absolute atomic E-state index is 0.123. The van der Waals surface area contributed by atoms with Gasteiger partial charge in [-0.15, -0.1) is 0 Å². The van der Waals surface area contributed by atoms with Gasteiger partial charge in [-0.1, -0.05) is 12.1 Å². The summed E-state index contributed by atoms with van der Waals surface area (Å²) in [7, 11) is 0. The second-order valence-corrected chi connectivity index (χ2v) is 9.19. The van der Waals surface area contributed by atoms with Crippen LogP contribution >= 0.6 is 0 Å². The molecule has 27 heavy (non-hydrogen) atoms. The molecule has 4 fully saturated rings. The van der Waals surface area contributed by atoms with Crippen LogP contribution in [0.3, 0.4) is 0 Å². The molecule has 1 aromatic heterocycles. The molecule has 0 spiro atoms. The molecule has 4 saturated carbocycles. The Balaban J connectivity index is 1.39. The van der Waals surface area contributed by atoms with E-state index in [4.69, 9.17) is 0 Å². The lowest BCUT2D eigenvalue weighted by Crippen LogP contribution is -2.46. The third kappa shape index (κ3) is 3.03. The third-order valence-electron chi connectivity index (χ3n) is 7.17. The first-order valence-corrected chi connectivity index (χ1v) is 10.1. The van der Waals surface area contributed by atoms with E-state index in [1.54, 1.807) is 18.2 Å². The summed E-state index contributed by atoms with van der Waals surface area (Å²) in [4.78, 5) is 19.3. The molecule has 2 aromatic rings. The number of aromatic nitrogens is 2. The van der Waals surface area contributed by atoms with E-state index in [1.165, 1.54) is 38.5 Å². The first kappa shape index (κ1) is 16.8. The van der Waals surface area contributed by atoms with Gasteiger partial charge in [0.1, 0.15) is 11.6 Å². The summed E-state index contributed by atoms with van der Waals surface area (Å²) in [5.74, 6) is 2.39. The minimum Gasteiger partial charge on any atom is -0.508 e. The molecule has 4 bridgehead atoms. The second kappa shape index (κ2) is 6.11. The molecule has 0 unspecified atom stereocenters. The first-order chi connectivity index (χ1) is 13.0. The van der Waals surface area contributed by atoms with Gasteiger partial charge in [0, 0.05) is 11.3 Å². The smallest absolute Gasteiger partial charge is 0.356 e. The average Bonchev–Trinajstić information content (AvgIpc) is 3.04. The van der Waals surface area contributed by atoms with Gasteiger partial charge in [0.2, 0.25) is 0 Å². The molecule has 4 aliphatic rings. The number of carboxylic acid groups (broad SMARTS) is 1. The summed E-state index contributed by atoms with van der Waals surface area (Å²) in [5.41, 5.74) is 1.97. The number of hydrogen-bond acceptors (Lipinski definition) is 3. The number of aromatic amines is 1. The number of aryl methyl sites for hydroxylation is 1. The fourth-order valence-electron chi connectivity index (χ4n) is 6.54. The van der Waals surface area contributed by atoms with Crippen LogP contribution in [-0.4, -0.2) is 26.2 Å². The van der Waals surface area contributed by atoms with Crippen LogP contribution < -0.4 is 0 Å². The molecule has 5 nitrogen and oxygen atoms in total. The predicted molar refractivity (Wildman–Crippen MR) is 102 cm³/mol. The van der Waals surface area contributed by atoms with Crippen molar-refractivity contribution in [3.8, 4) is 17.1 Å². The number of carbonyl (C=O) groups is 1. The number of aromatic carboxylic acids is 1. The van der Waals surface area contributed by atoms with Gasteiger partial charge in [0.05, 0.1) is 0 Å². The Kier molecular flexibility index (Phi) is 3.81. The second-order valence-electron chi connectivity index (χ2n) is 9.19. The summed E-state index contributed by atoms with van der Waals surface area (Å²) in [6, 6.07) is 6.77. The molecule has 4 aliphatic carbocycles. The number of hydrogen-bond donors (Lipinski definition) is 3. The Hall–Kier alpha value is -2.30. The summed E-state index contributed by atoms with van der Waals surface area (Å²) < 4.78 is 0. The van der Waals surface area contributed by atoms with Gasteiger partial charge in [-0.2, -0.15) is 0 Å². The number of phenolic OH excluding ortho intramolecular Hbond substituents is 1. The Labute approximate surface area is 158 Å². The van der Waals surface area contributed by atoms with Gasteiger partial charge in [0.15, 0.2) is 5.69 Å². The standard InChI is InChI=1S/C22H26N2O3/c25-17-3-1-2-16(9-17)20-23-18(19(24-20)21(26)27)4-5-22-10-13-6-14(11-22)8-15(7-13)12-22/h1-3,9,13-15,25H,4-8,10-12H2,(H,23,24)(H,26,27). The molecular weight excluding hydrogens is 340 g/mol. The number of nitrogens with one attached hydrogen (secondary N) is 1. The van der Waals surface area contributed by atoms with Crippen LogP contribution in [0.5, 0.6) is 5.75 Å². The average molecular weight is 366 g/mol. The van der Waals surface area contributed by atoms with Crippen LogP contribution in [0.1, 0.15) is 61.1 Å². The normalized spacial score (nSPS) is 31.3. The summed E-state index contributed by atoms with van der Waals surface area (Å²) in [6.07, 6.45) is 10.0. The number of benzene rings is 1. The van der Waals surface area contributed by atoms with Crippen molar-refractivity contribution in [3.63, 3.8) is 0 Å². The number of imidazole rings is 1. The zero-order valence-electron chi connectivity index (χ0n) is 15.4. The Morgan fingerprint density at radius 2 is 1.81 bits per heavy atom. The van der Waals surface area contributed by atoms with Crippen molar-refractivity contribution in [1.82, 2.24) is 9.97 Å². The van der Waals surface area contributed by atoms with E-state index in [1.807, 2.05) is 6.07 Å². The van der Waals surface area contributed by atoms with Crippen LogP contribution in [0.4, 0.5) is 0 Å². The van der Waals surface area contributed by atoms with E-state index < -0.39 is 5.97 Å². The van der Waals surface area contributed by atoms with E-state index in [9.17, 15) is 15.0 Å². The molecule has 1 heterocycles. The van der Waals surface area contributed by atoms with Crippen molar-refractivity contribution in [1.29, 1.82) is 0 Å². The number of nitrogens with zero attached hydrogens (tertiary/aromatic N) is 1. The fraction of sp³-hybridized carbons (Fsp3) is 0.545. The summed E-state index contributed by atoms with van der Waals surface area (Å²) in [6.45, 7) is 0. The maximum Gasteiger partial charge on any atom is 0.356 e. The zero-order chi connectivity index (χ0) is 18.6. The van der Waals surface area contributed by atoms with Crippen molar-refractivity contribution in [3.05, 3.63) is 35.7 Å². The predicted octanol–water partition coefficient (Wildman–Crippen LogP) is 4.63. The van der Waals surface area contributed by atoms with Crippen molar-refractivity contribution in [2.24, 2.45) is 23.2 Å². The molecule has 0 aliphatic heterocycles. The molecule has 3 N–H and O–H groups in total. The Morgan fingerprint density at radius 1 is 1.15 bits per heavy atom. The lowest BCUT2D eigenvalue weighted by molar-refractivity contribution is -0.0571. The van der Waals surface area contributed by atoms with E-state index in [0.29, 0.717) is 16.8 Å². The van der Waals surface area contributed by atoms with E-state index >= 15 is 0 Å². The number of H-pyrrole nitrogens is 1. The third-order valence-corrected chi connectivity index (χ3v) is 7.17. The van der Waals surface area contributed by atoms with Crippen molar-refractivity contribution in [2.45, 2.75) is 51.4 Å². The molecular formula is C22H26N2O3. The quantitative estimate of drug-likeness (QED) is 0.720. The van der Waals surface area contributed by atoms with E-state index in [-0.39, 0.29) is 11.4 Å². The van der Waals surface area contributed by atoms with Crippen molar-refractivity contribution >= 4 is 5.97 Å². The summed E-state index contributed by atoms with van der Waals surface area (Å²) >= 11 is 0. The van der Waals surface area contributed by atoms with Crippen LogP contribution in [0.2, 0.25) is 0 Å². The number of rotatable bonds is 5. The first-order valence-electron chi connectivity index (χ1n) is 10.1. The van der Waals surface area contributed by atoms with Gasteiger partial charge in [-0.3, -0.25) is 0 Å². The van der Waals surface area contributed by atoms with Gasteiger partial charge in [-0.05, 0) is 86.7 Å². The van der Waals surface area contributed by atoms with E-state index in [2.05, 4.69) is 9.97 Å². The van der Waals surface area contributed by atoms with Gasteiger partial charge < -0.3 is 15.2 Å². The Morgan fingerprint density at radius 3 is 2.41 bits per heavy atom. The highest BCUT2D eigenvalue weighted by Gasteiger charge is 2.50. The molecule has 0 amide bonds. The summed E-state index contributed by atoms with van der Waals surface area (Å²) in [5, 5.41) is 19.3. The minimum atomic E-state index is -0.988. The lowest BCUT2D eigenvalue weighted by atomic mass is 9.48. The van der Waals surface area contributed by atoms with Gasteiger partial charge >= 0.3 is 5.97 Å². The highest BCUT2D eigenvalue weighted by atomic mass is 16.4. The topological polar surface area (TPSA) is 86.2 Å². The maximum absolute atomic E-state index is 11.7. The van der Waals surface area contributed by atoms with Crippen LogP contribution in [0.15, 0.2) is 24.3 Å². The Bertz CT molecular complexity index is 850. The highest BCUT2D eigenvalue weighted by molar-refractivity contribution is 5.87. The van der Waals surface area contributed by atoms with Crippen molar-refractivity contribution in [2.75, 3.05) is 0 Å². The molecule has 0 saturated heterocycles. The molecule has 0 radical (unpaired) electrons. The van der Waals surface area contributed by atoms with Gasteiger partial charge in [-0.25, -0.2) is 9.78 Å². The van der Waals surface area contributed by atoms with Crippen LogP contribution in [0, 0.1) is 23.2 Å². The van der Waals surface area contributed by atoms with Crippen LogP contribution in [-0.2, 0) is 6.42 Å². The fourth-order valence-corrected chi connectivity index (χ4v) is 6.54.